The number of ether oxygens (including phenoxy) is 3. The first kappa shape index (κ1) is 15.7. The summed E-state index contributed by atoms with van der Waals surface area (Å²) < 4.78 is 15.5. The van der Waals surface area contributed by atoms with Gasteiger partial charge in [0, 0.05) is 6.07 Å². The monoisotopic (exact) mass is 298 g/mol. The van der Waals surface area contributed by atoms with E-state index in [0.717, 1.165) is 5.75 Å². The molecule has 4 nitrogen and oxygen atoms in total. The van der Waals surface area contributed by atoms with E-state index in [1.807, 2.05) is 0 Å². The van der Waals surface area contributed by atoms with Gasteiger partial charge in [0.05, 0.1) is 26.9 Å². The molecule has 22 heavy (non-hydrogen) atoms. The van der Waals surface area contributed by atoms with Gasteiger partial charge in [-0.2, -0.15) is 0 Å². The van der Waals surface area contributed by atoms with Crippen LogP contribution in [0.25, 0.3) is 0 Å². The van der Waals surface area contributed by atoms with E-state index in [-0.39, 0.29) is 0 Å². The Labute approximate surface area is 130 Å². The lowest BCUT2D eigenvalue weighted by atomic mass is 10.1. The molecule has 0 heterocycles. The number of methoxy groups -OCH3 is 3. The van der Waals surface area contributed by atoms with Gasteiger partial charge in [-0.25, -0.2) is 0 Å². The normalized spacial score (nSPS) is 11.1. The highest BCUT2D eigenvalue weighted by atomic mass is 16.5. The Bertz CT molecular complexity index is 680. The number of aliphatic hydroxyl groups is 1. The smallest absolute Gasteiger partial charge is 0.140 e. The molecule has 0 aromatic heterocycles. The molecule has 2 aromatic rings. The summed E-state index contributed by atoms with van der Waals surface area (Å²) in [6, 6.07) is 12.5. The van der Waals surface area contributed by atoms with E-state index in [2.05, 4.69) is 11.8 Å². The number of benzene rings is 2. The van der Waals surface area contributed by atoms with Gasteiger partial charge < -0.3 is 19.3 Å². The molecule has 1 atom stereocenters. The van der Waals surface area contributed by atoms with Crippen molar-refractivity contribution in [2.75, 3.05) is 21.3 Å². The summed E-state index contributed by atoms with van der Waals surface area (Å²) in [7, 11) is 4.76. The van der Waals surface area contributed by atoms with Crippen molar-refractivity contribution < 1.29 is 19.3 Å². The lowest BCUT2D eigenvalue weighted by molar-refractivity contribution is 0.238. The van der Waals surface area contributed by atoms with E-state index >= 15 is 0 Å². The van der Waals surface area contributed by atoms with Gasteiger partial charge in [-0.15, -0.1) is 0 Å². The maximum Gasteiger partial charge on any atom is 0.140 e. The molecule has 114 valence electrons. The number of aliphatic hydroxyl groups excluding tert-OH is 1. The van der Waals surface area contributed by atoms with Crippen molar-refractivity contribution in [3.63, 3.8) is 0 Å². The maximum atomic E-state index is 10.1. The van der Waals surface area contributed by atoms with Gasteiger partial charge in [-0.3, -0.25) is 0 Å². The van der Waals surface area contributed by atoms with Crippen molar-refractivity contribution in [1.29, 1.82) is 0 Å². The third-order valence-electron chi connectivity index (χ3n) is 3.18. The molecule has 4 heteroatoms. The van der Waals surface area contributed by atoms with Crippen LogP contribution >= 0.6 is 0 Å². The first-order valence-electron chi connectivity index (χ1n) is 6.73. The topological polar surface area (TPSA) is 47.9 Å². The van der Waals surface area contributed by atoms with Gasteiger partial charge in [-0.1, -0.05) is 24.0 Å². The third kappa shape index (κ3) is 3.72. The largest absolute Gasteiger partial charge is 0.497 e. The molecular formula is C18H18O4. The van der Waals surface area contributed by atoms with Crippen molar-refractivity contribution in [3.8, 4) is 29.1 Å². The molecule has 2 aromatic carbocycles. The fourth-order valence-electron chi connectivity index (χ4n) is 1.92. The Morgan fingerprint density at radius 1 is 0.864 bits per heavy atom. The molecular weight excluding hydrogens is 280 g/mol. The second-order valence-corrected chi connectivity index (χ2v) is 4.51. The number of hydrogen-bond donors (Lipinski definition) is 1. The van der Waals surface area contributed by atoms with E-state index in [1.54, 1.807) is 63.8 Å². The minimum atomic E-state index is -0.877. The van der Waals surface area contributed by atoms with E-state index < -0.39 is 6.10 Å². The van der Waals surface area contributed by atoms with E-state index in [9.17, 15) is 5.11 Å². The van der Waals surface area contributed by atoms with Crippen LogP contribution in [0.2, 0.25) is 0 Å². The van der Waals surface area contributed by atoms with Crippen LogP contribution in [0.1, 0.15) is 17.2 Å². The van der Waals surface area contributed by atoms with Crippen molar-refractivity contribution in [2.24, 2.45) is 0 Å². The van der Waals surface area contributed by atoms with Crippen LogP contribution in [0.4, 0.5) is 0 Å². The first-order valence-corrected chi connectivity index (χ1v) is 6.73. The summed E-state index contributed by atoms with van der Waals surface area (Å²) in [6.45, 7) is 0. The second kappa shape index (κ2) is 7.39. The predicted octanol–water partition coefficient (Wildman–Crippen LogP) is 2.80. The summed E-state index contributed by atoms with van der Waals surface area (Å²) in [6.07, 6.45) is -0.877. The van der Waals surface area contributed by atoms with E-state index in [0.29, 0.717) is 22.6 Å². The minimum Gasteiger partial charge on any atom is -0.497 e. The summed E-state index contributed by atoms with van der Waals surface area (Å²) in [5, 5.41) is 10.1. The highest BCUT2D eigenvalue weighted by molar-refractivity contribution is 5.50. The van der Waals surface area contributed by atoms with E-state index in [4.69, 9.17) is 14.2 Å². The SMILES string of the molecule is COc1ccc(C(O)C#Cc2ccc(OC)cc2OC)cc1. The lowest BCUT2D eigenvalue weighted by Gasteiger charge is -2.07. The molecule has 0 amide bonds. The molecule has 0 aliphatic rings. The third-order valence-corrected chi connectivity index (χ3v) is 3.18. The molecule has 0 bridgehead atoms. The van der Waals surface area contributed by atoms with Crippen molar-refractivity contribution in [1.82, 2.24) is 0 Å². The van der Waals surface area contributed by atoms with Gasteiger partial charge in [-0.05, 0) is 29.8 Å². The molecule has 0 spiro atoms. The number of rotatable bonds is 4. The van der Waals surface area contributed by atoms with E-state index in [1.165, 1.54) is 0 Å². The van der Waals surface area contributed by atoms with Crippen LogP contribution in [0.5, 0.6) is 17.2 Å². The molecule has 1 N–H and O–H groups in total. The fourth-order valence-corrected chi connectivity index (χ4v) is 1.92. The summed E-state index contributed by atoms with van der Waals surface area (Å²) in [5.74, 6) is 7.77. The maximum absolute atomic E-state index is 10.1. The molecule has 0 aliphatic heterocycles. The molecule has 0 fully saturated rings. The summed E-state index contributed by atoms with van der Waals surface area (Å²) in [4.78, 5) is 0. The van der Waals surface area contributed by atoms with Gasteiger partial charge in [0.15, 0.2) is 0 Å². The van der Waals surface area contributed by atoms with Crippen LogP contribution in [0, 0.1) is 11.8 Å². The fraction of sp³-hybridized carbons (Fsp3) is 0.222. The van der Waals surface area contributed by atoms with Gasteiger partial charge in [0.2, 0.25) is 0 Å². The minimum absolute atomic E-state index is 0.605. The van der Waals surface area contributed by atoms with Crippen LogP contribution in [-0.4, -0.2) is 26.4 Å². The molecule has 0 radical (unpaired) electrons. The van der Waals surface area contributed by atoms with Crippen LogP contribution < -0.4 is 14.2 Å². The highest BCUT2D eigenvalue weighted by Crippen LogP contribution is 2.24. The standard InChI is InChI=1S/C18H18O4/c1-20-15-8-4-13(5-9-15)17(19)11-7-14-6-10-16(21-2)12-18(14)22-3/h4-6,8-10,12,17,19H,1-3H3. The van der Waals surface area contributed by atoms with Crippen LogP contribution in [-0.2, 0) is 0 Å². The highest BCUT2D eigenvalue weighted by Gasteiger charge is 2.05. The van der Waals surface area contributed by atoms with Crippen molar-refractivity contribution in [2.45, 2.75) is 6.10 Å². The summed E-state index contributed by atoms with van der Waals surface area (Å²) >= 11 is 0. The molecule has 1 unspecified atom stereocenters. The van der Waals surface area contributed by atoms with Gasteiger partial charge in [0.1, 0.15) is 23.4 Å². The van der Waals surface area contributed by atoms with Crippen molar-refractivity contribution in [3.05, 3.63) is 53.6 Å². The zero-order valence-corrected chi connectivity index (χ0v) is 12.8. The summed E-state index contributed by atoms with van der Waals surface area (Å²) in [5.41, 5.74) is 1.40. The quantitative estimate of drug-likeness (QED) is 0.882. The average Bonchev–Trinajstić information content (AvgIpc) is 2.59. The Balaban J connectivity index is 2.21. The zero-order chi connectivity index (χ0) is 15.9. The van der Waals surface area contributed by atoms with Crippen LogP contribution in [0.15, 0.2) is 42.5 Å². The molecule has 0 aliphatic carbocycles. The predicted molar refractivity (Wildman–Crippen MR) is 84.4 cm³/mol. The van der Waals surface area contributed by atoms with Crippen molar-refractivity contribution >= 4 is 0 Å². The Hall–Kier alpha value is -2.64. The number of hydrogen-bond acceptors (Lipinski definition) is 4. The molecule has 2 rings (SSSR count). The van der Waals surface area contributed by atoms with Gasteiger partial charge in [0.25, 0.3) is 0 Å². The lowest BCUT2D eigenvalue weighted by Crippen LogP contribution is -1.95. The van der Waals surface area contributed by atoms with Gasteiger partial charge >= 0.3 is 0 Å². The van der Waals surface area contributed by atoms with Crippen LogP contribution in [0.3, 0.4) is 0 Å². The Morgan fingerprint density at radius 2 is 1.50 bits per heavy atom. The first-order chi connectivity index (χ1) is 10.7. The average molecular weight is 298 g/mol. The molecule has 0 saturated heterocycles. The molecule has 0 saturated carbocycles. The Kier molecular flexibility index (Phi) is 5.29. The Morgan fingerprint density at radius 3 is 2.09 bits per heavy atom. The second-order valence-electron chi connectivity index (χ2n) is 4.51. The zero-order valence-electron chi connectivity index (χ0n) is 12.8.